The molecule has 0 aliphatic rings. The lowest BCUT2D eigenvalue weighted by Gasteiger charge is -2.15. The first-order valence-electron chi connectivity index (χ1n) is 4.22. The Morgan fingerprint density at radius 1 is 1.64 bits per heavy atom. The summed E-state index contributed by atoms with van der Waals surface area (Å²) in [6.07, 6.45) is 1.74. The predicted molar refractivity (Wildman–Crippen MR) is 50.6 cm³/mol. The molecule has 5 heteroatoms. The van der Waals surface area contributed by atoms with Crippen LogP contribution in [0.4, 0.5) is 0 Å². The van der Waals surface area contributed by atoms with E-state index in [-0.39, 0.29) is 12.1 Å². The molecule has 0 unspecified atom stereocenters. The van der Waals surface area contributed by atoms with E-state index in [4.69, 9.17) is 5.73 Å². The van der Waals surface area contributed by atoms with E-state index in [0.29, 0.717) is 5.82 Å². The van der Waals surface area contributed by atoms with Crippen LogP contribution in [0.15, 0.2) is 12.3 Å². The summed E-state index contributed by atoms with van der Waals surface area (Å²) in [4.78, 5) is 18.6. The van der Waals surface area contributed by atoms with E-state index in [1.165, 1.54) is 12.3 Å². The Morgan fingerprint density at radius 2 is 2.29 bits per heavy atom. The van der Waals surface area contributed by atoms with Gasteiger partial charge in [-0.05, 0) is 19.9 Å². The molecule has 0 aliphatic heterocycles. The molecule has 0 atom stereocenters. The molecule has 0 bridgehead atoms. The maximum Gasteiger partial charge on any atom is 0.267 e. The summed E-state index contributed by atoms with van der Waals surface area (Å²) >= 11 is 0. The largest absolute Gasteiger partial charge is 0.390 e. The lowest BCUT2D eigenvalue weighted by atomic mass is 10.1. The van der Waals surface area contributed by atoms with Gasteiger partial charge in [0.05, 0.1) is 5.60 Å². The van der Waals surface area contributed by atoms with Crippen LogP contribution in [-0.4, -0.2) is 26.6 Å². The molecule has 76 valence electrons. The summed E-state index contributed by atoms with van der Waals surface area (Å²) in [5.41, 5.74) is 4.33. The summed E-state index contributed by atoms with van der Waals surface area (Å²) in [6.45, 7) is 3.29. The number of hydrogen-bond acceptors (Lipinski definition) is 4. The minimum Gasteiger partial charge on any atom is -0.390 e. The van der Waals surface area contributed by atoms with Gasteiger partial charge in [-0.3, -0.25) is 4.79 Å². The normalized spacial score (nSPS) is 11.4. The van der Waals surface area contributed by atoms with Gasteiger partial charge in [-0.15, -0.1) is 0 Å². The van der Waals surface area contributed by atoms with Crippen molar-refractivity contribution in [1.29, 1.82) is 0 Å². The fraction of sp³-hybridized carbons (Fsp3) is 0.444. The number of rotatable bonds is 3. The Hall–Kier alpha value is -1.49. The van der Waals surface area contributed by atoms with Crippen LogP contribution < -0.4 is 5.73 Å². The number of nitrogens with zero attached hydrogens (tertiary/aromatic N) is 2. The molecule has 0 saturated carbocycles. The number of aromatic nitrogens is 2. The van der Waals surface area contributed by atoms with Gasteiger partial charge in [0.2, 0.25) is 0 Å². The van der Waals surface area contributed by atoms with E-state index in [2.05, 4.69) is 9.97 Å². The van der Waals surface area contributed by atoms with Crippen LogP contribution in [-0.2, 0) is 6.42 Å². The highest BCUT2D eigenvalue weighted by molar-refractivity contribution is 5.90. The molecule has 1 aromatic heterocycles. The molecule has 14 heavy (non-hydrogen) atoms. The molecular weight excluding hydrogens is 182 g/mol. The Morgan fingerprint density at radius 3 is 2.79 bits per heavy atom. The van der Waals surface area contributed by atoms with Crippen molar-refractivity contribution in [2.24, 2.45) is 5.73 Å². The second kappa shape index (κ2) is 3.71. The van der Waals surface area contributed by atoms with Crippen LogP contribution in [0.2, 0.25) is 0 Å². The van der Waals surface area contributed by atoms with Crippen molar-refractivity contribution in [1.82, 2.24) is 9.97 Å². The second-order valence-electron chi connectivity index (χ2n) is 3.71. The number of aliphatic hydroxyl groups is 1. The van der Waals surface area contributed by atoms with E-state index in [1.54, 1.807) is 13.8 Å². The lowest BCUT2D eigenvalue weighted by molar-refractivity contribution is 0.0784. The highest BCUT2D eigenvalue weighted by Gasteiger charge is 2.16. The Kier molecular flexibility index (Phi) is 2.81. The molecule has 1 aromatic rings. The number of amides is 1. The molecule has 0 aromatic carbocycles. The van der Waals surface area contributed by atoms with Crippen molar-refractivity contribution >= 4 is 5.91 Å². The van der Waals surface area contributed by atoms with Crippen molar-refractivity contribution < 1.29 is 9.90 Å². The highest BCUT2D eigenvalue weighted by Crippen LogP contribution is 2.08. The SMILES string of the molecule is CC(C)(O)Cc1nccc(C(N)=O)n1. The maximum atomic E-state index is 10.8. The fourth-order valence-corrected chi connectivity index (χ4v) is 1.01. The van der Waals surface area contributed by atoms with Crippen molar-refractivity contribution in [2.75, 3.05) is 0 Å². The molecule has 0 radical (unpaired) electrons. The third kappa shape index (κ3) is 3.10. The van der Waals surface area contributed by atoms with Gasteiger partial charge < -0.3 is 10.8 Å². The van der Waals surface area contributed by atoms with Crippen LogP contribution in [0, 0.1) is 0 Å². The molecule has 3 N–H and O–H groups in total. The predicted octanol–water partition coefficient (Wildman–Crippen LogP) is -0.111. The first-order chi connectivity index (χ1) is 6.38. The van der Waals surface area contributed by atoms with Crippen LogP contribution >= 0.6 is 0 Å². The Labute approximate surface area is 82.0 Å². The lowest BCUT2D eigenvalue weighted by Crippen LogP contribution is -2.24. The maximum absolute atomic E-state index is 10.8. The first-order valence-corrected chi connectivity index (χ1v) is 4.22. The highest BCUT2D eigenvalue weighted by atomic mass is 16.3. The molecule has 0 aliphatic carbocycles. The number of carbonyl (C=O) groups excluding carboxylic acids is 1. The van der Waals surface area contributed by atoms with Crippen molar-refractivity contribution in [3.8, 4) is 0 Å². The van der Waals surface area contributed by atoms with E-state index in [1.807, 2.05) is 0 Å². The molecule has 1 amide bonds. The Balaban J connectivity index is 2.89. The number of nitrogens with two attached hydrogens (primary N) is 1. The molecule has 1 rings (SSSR count). The third-order valence-corrected chi connectivity index (χ3v) is 1.55. The van der Waals surface area contributed by atoms with Gasteiger partial charge in [0.1, 0.15) is 11.5 Å². The van der Waals surface area contributed by atoms with Gasteiger partial charge in [-0.2, -0.15) is 0 Å². The van der Waals surface area contributed by atoms with Gasteiger partial charge in [-0.1, -0.05) is 0 Å². The van der Waals surface area contributed by atoms with Crippen LogP contribution in [0.25, 0.3) is 0 Å². The van der Waals surface area contributed by atoms with E-state index in [9.17, 15) is 9.90 Å². The minimum absolute atomic E-state index is 0.166. The van der Waals surface area contributed by atoms with E-state index < -0.39 is 11.5 Å². The second-order valence-corrected chi connectivity index (χ2v) is 3.71. The monoisotopic (exact) mass is 195 g/mol. The molecule has 1 heterocycles. The number of hydrogen-bond donors (Lipinski definition) is 2. The number of primary amides is 1. The first kappa shape index (κ1) is 10.6. The molecular formula is C9H13N3O2. The quantitative estimate of drug-likeness (QED) is 0.704. The Bertz CT molecular complexity index is 344. The average Bonchev–Trinajstić information content (AvgIpc) is 2.01. The third-order valence-electron chi connectivity index (χ3n) is 1.55. The van der Waals surface area contributed by atoms with Gasteiger partial charge >= 0.3 is 0 Å². The van der Waals surface area contributed by atoms with Crippen molar-refractivity contribution in [2.45, 2.75) is 25.9 Å². The smallest absolute Gasteiger partial charge is 0.267 e. The van der Waals surface area contributed by atoms with Gasteiger partial charge in [-0.25, -0.2) is 9.97 Å². The molecule has 0 spiro atoms. The summed E-state index contributed by atoms with van der Waals surface area (Å²) in [5.74, 6) is -0.182. The van der Waals surface area contributed by atoms with E-state index in [0.717, 1.165) is 0 Å². The van der Waals surface area contributed by atoms with Crippen molar-refractivity contribution in [3.05, 3.63) is 23.8 Å². The van der Waals surface area contributed by atoms with Crippen LogP contribution in [0.1, 0.15) is 30.2 Å². The zero-order chi connectivity index (χ0) is 10.8. The fourth-order valence-electron chi connectivity index (χ4n) is 1.01. The topological polar surface area (TPSA) is 89.1 Å². The molecule has 0 fully saturated rings. The van der Waals surface area contributed by atoms with Gasteiger partial charge in [0.15, 0.2) is 0 Å². The minimum atomic E-state index is -0.893. The van der Waals surface area contributed by atoms with Crippen LogP contribution in [0.3, 0.4) is 0 Å². The molecule has 5 nitrogen and oxygen atoms in total. The van der Waals surface area contributed by atoms with Crippen LogP contribution in [0.5, 0.6) is 0 Å². The summed E-state index contributed by atoms with van der Waals surface area (Å²) in [7, 11) is 0. The summed E-state index contributed by atoms with van der Waals surface area (Å²) < 4.78 is 0. The summed E-state index contributed by atoms with van der Waals surface area (Å²) in [6, 6.07) is 1.44. The van der Waals surface area contributed by atoms with E-state index >= 15 is 0 Å². The summed E-state index contributed by atoms with van der Waals surface area (Å²) in [5, 5.41) is 9.50. The van der Waals surface area contributed by atoms with Gasteiger partial charge in [0.25, 0.3) is 5.91 Å². The standard InChI is InChI=1S/C9H13N3O2/c1-9(2,14)5-7-11-4-3-6(12-7)8(10)13/h3-4,14H,5H2,1-2H3,(H2,10,13). The van der Waals surface area contributed by atoms with Crippen molar-refractivity contribution in [3.63, 3.8) is 0 Å². The zero-order valence-electron chi connectivity index (χ0n) is 8.19. The number of carbonyl (C=O) groups is 1. The molecule has 0 saturated heterocycles. The van der Waals surface area contributed by atoms with Gasteiger partial charge in [0, 0.05) is 12.6 Å². The average molecular weight is 195 g/mol. The zero-order valence-corrected chi connectivity index (χ0v) is 8.19.